The van der Waals surface area contributed by atoms with Crippen molar-refractivity contribution in [3.63, 3.8) is 0 Å². The van der Waals surface area contributed by atoms with Crippen molar-refractivity contribution in [3.05, 3.63) is 96.1 Å². The van der Waals surface area contributed by atoms with Crippen LogP contribution in [0.15, 0.2) is 84.9 Å². The average molecular weight is 421 g/mol. The predicted molar refractivity (Wildman–Crippen MR) is 127 cm³/mol. The molecule has 4 nitrogen and oxygen atoms in total. The molecule has 3 rings (SSSR count). The number of nitrogens with one attached hydrogen (secondary N) is 1. The normalized spacial score (nSPS) is 11.5. The summed E-state index contributed by atoms with van der Waals surface area (Å²) in [6, 6.07) is 28.1. The topological polar surface area (TPSA) is 44.7 Å². The summed E-state index contributed by atoms with van der Waals surface area (Å²) in [6.45, 7) is 1.39. The molecule has 30 heavy (non-hydrogen) atoms. The van der Waals surface area contributed by atoms with Crippen LogP contribution in [0, 0.1) is 0 Å². The van der Waals surface area contributed by atoms with E-state index in [-0.39, 0.29) is 12.5 Å². The molecule has 0 fully saturated rings. The zero-order chi connectivity index (χ0) is 21.2. The number of thiocarbonyl (C=S) groups is 1. The van der Waals surface area contributed by atoms with Gasteiger partial charge in [0, 0.05) is 37.9 Å². The summed E-state index contributed by atoms with van der Waals surface area (Å²) in [5.74, 6) is 0.998. The van der Waals surface area contributed by atoms with Crippen molar-refractivity contribution in [1.82, 2.24) is 4.90 Å². The monoisotopic (exact) mass is 420 g/mol. The highest BCUT2D eigenvalue weighted by Crippen LogP contribution is 2.22. The molecular formula is C25H28N2O2S. The molecule has 0 saturated carbocycles. The molecule has 0 aromatic heterocycles. The minimum atomic E-state index is 0.147. The Balaban J connectivity index is 1.58. The second-order valence-corrected chi connectivity index (χ2v) is 7.62. The fourth-order valence-corrected chi connectivity index (χ4v) is 3.47. The molecule has 2 N–H and O–H groups in total. The van der Waals surface area contributed by atoms with Gasteiger partial charge in [-0.3, -0.25) is 0 Å². The SMILES string of the molecule is CN(CC(CCO)c1ccccc1)C(=S)Nc1cccc(OCc2ccccc2)c1. The van der Waals surface area contributed by atoms with E-state index in [0.29, 0.717) is 18.1 Å². The van der Waals surface area contributed by atoms with Gasteiger partial charge in [-0.1, -0.05) is 66.7 Å². The van der Waals surface area contributed by atoms with Gasteiger partial charge in [-0.15, -0.1) is 0 Å². The molecule has 1 unspecified atom stereocenters. The first-order chi connectivity index (χ1) is 14.7. The van der Waals surface area contributed by atoms with E-state index in [1.807, 2.05) is 84.7 Å². The fourth-order valence-electron chi connectivity index (χ4n) is 3.28. The molecule has 0 aliphatic rings. The highest BCUT2D eigenvalue weighted by atomic mass is 32.1. The Hall–Kier alpha value is -2.89. The van der Waals surface area contributed by atoms with Gasteiger partial charge in [-0.25, -0.2) is 0 Å². The second kappa shape index (κ2) is 11.3. The first kappa shape index (κ1) is 21.8. The summed E-state index contributed by atoms with van der Waals surface area (Å²) in [5, 5.41) is 13.4. The molecule has 0 aliphatic carbocycles. The maximum Gasteiger partial charge on any atom is 0.173 e. The summed E-state index contributed by atoms with van der Waals surface area (Å²) in [7, 11) is 1.97. The molecule has 0 saturated heterocycles. The zero-order valence-electron chi connectivity index (χ0n) is 17.2. The second-order valence-electron chi connectivity index (χ2n) is 7.23. The summed E-state index contributed by atoms with van der Waals surface area (Å²) in [4.78, 5) is 2.01. The summed E-state index contributed by atoms with van der Waals surface area (Å²) in [5.41, 5.74) is 3.22. The van der Waals surface area contributed by atoms with Crippen LogP contribution in [0.5, 0.6) is 5.75 Å². The molecule has 0 bridgehead atoms. The summed E-state index contributed by atoms with van der Waals surface area (Å²) >= 11 is 5.61. The molecule has 1 atom stereocenters. The quantitative estimate of drug-likeness (QED) is 0.474. The molecule has 0 amide bonds. The first-order valence-corrected chi connectivity index (χ1v) is 10.5. The van der Waals surface area contributed by atoms with Crippen molar-refractivity contribution in [2.45, 2.75) is 18.9 Å². The number of benzene rings is 3. The molecular weight excluding hydrogens is 392 g/mol. The minimum Gasteiger partial charge on any atom is -0.489 e. The van der Waals surface area contributed by atoms with Crippen molar-refractivity contribution in [3.8, 4) is 5.75 Å². The Bertz CT molecular complexity index is 919. The largest absolute Gasteiger partial charge is 0.489 e. The van der Waals surface area contributed by atoms with Crippen LogP contribution in [0.25, 0.3) is 0 Å². The maximum atomic E-state index is 9.47. The Morgan fingerprint density at radius 1 is 1.00 bits per heavy atom. The number of aliphatic hydroxyl groups excluding tert-OH is 1. The predicted octanol–water partition coefficient (Wildman–Crippen LogP) is 5.06. The minimum absolute atomic E-state index is 0.147. The van der Waals surface area contributed by atoms with Gasteiger partial charge in [-0.05, 0) is 41.9 Å². The lowest BCUT2D eigenvalue weighted by atomic mass is 9.95. The van der Waals surface area contributed by atoms with Crippen LogP contribution in [-0.2, 0) is 6.61 Å². The maximum absolute atomic E-state index is 9.47. The summed E-state index contributed by atoms with van der Waals surface area (Å²) < 4.78 is 5.90. The summed E-state index contributed by atoms with van der Waals surface area (Å²) in [6.07, 6.45) is 0.694. The van der Waals surface area contributed by atoms with Gasteiger partial charge >= 0.3 is 0 Å². The smallest absolute Gasteiger partial charge is 0.173 e. The zero-order valence-corrected chi connectivity index (χ0v) is 18.0. The third-order valence-electron chi connectivity index (χ3n) is 4.92. The van der Waals surface area contributed by atoms with E-state index in [1.165, 1.54) is 5.56 Å². The van der Waals surface area contributed by atoms with Crippen molar-refractivity contribution in [2.75, 3.05) is 25.5 Å². The van der Waals surface area contributed by atoms with Crippen molar-refractivity contribution < 1.29 is 9.84 Å². The van der Waals surface area contributed by atoms with Gasteiger partial charge in [0.15, 0.2) is 5.11 Å². The van der Waals surface area contributed by atoms with Crippen molar-refractivity contribution >= 4 is 23.0 Å². The third kappa shape index (κ3) is 6.58. The third-order valence-corrected chi connectivity index (χ3v) is 5.34. The van der Waals surface area contributed by atoms with E-state index in [9.17, 15) is 5.11 Å². The van der Waals surface area contributed by atoms with Crippen LogP contribution in [-0.4, -0.2) is 35.3 Å². The van der Waals surface area contributed by atoms with Crippen LogP contribution in [0.4, 0.5) is 5.69 Å². The van der Waals surface area contributed by atoms with E-state index in [2.05, 4.69) is 17.4 Å². The number of anilines is 1. The van der Waals surface area contributed by atoms with Gasteiger partial charge in [-0.2, -0.15) is 0 Å². The lowest BCUT2D eigenvalue weighted by Gasteiger charge is -2.26. The van der Waals surface area contributed by atoms with Crippen molar-refractivity contribution in [2.24, 2.45) is 0 Å². The number of nitrogens with zero attached hydrogens (tertiary/aromatic N) is 1. The van der Waals surface area contributed by atoms with Crippen LogP contribution in [0.2, 0.25) is 0 Å². The number of ether oxygens (including phenoxy) is 1. The molecule has 3 aromatic rings. The molecule has 0 spiro atoms. The number of likely N-dealkylation sites (N-methyl/N-ethyl adjacent to an activating group) is 1. The highest BCUT2D eigenvalue weighted by Gasteiger charge is 2.15. The lowest BCUT2D eigenvalue weighted by Crippen LogP contribution is -2.34. The lowest BCUT2D eigenvalue weighted by molar-refractivity contribution is 0.266. The Kier molecular flexibility index (Phi) is 8.24. The highest BCUT2D eigenvalue weighted by molar-refractivity contribution is 7.80. The first-order valence-electron chi connectivity index (χ1n) is 10.1. The molecule has 0 aliphatic heterocycles. The van der Waals surface area contributed by atoms with Crippen LogP contribution in [0.3, 0.4) is 0 Å². The molecule has 0 heterocycles. The Morgan fingerprint density at radius 2 is 1.70 bits per heavy atom. The standard InChI is InChI=1S/C25H28N2O2S/c1-27(18-22(15-16-28)21-11-6-3-7-12-21)25(30)26-23-13-8-14-24(17-23)29-19-20-9-4-2-5-10-20/h2-14,17,22,28H,15-16,18-19H2,1H3,(H,26,30). The van der Waals surface area contributed by atoms with Crippen molar-refractivity contribution in [1.29, 1.82) is 0 Å². The van der Waals surface area contributed by atoms with Crippen LogP contribution in [0.1, 0.15) is 23.5 Å². The molecule has 156 valence electrons. The van der Waals surface area contributed by atoms with Gasteiger partial charge in [0.25, 0.3) is 0 Å². The van der Waals surface area contributed by atoms with Gasteiger partial charge in [0.05, 0.1) is 0 Å². The van der Waals surface area contributed by atoms with Gasteiger partial charge in [0.1, 0.15) is 12.4 Å². The molecule has 5 heteroatoms. The Labute approximate surface area is 184 Å². The number of rotatable bonds is 9. The van der Waals surface area contributed by atoms with E-state index in [4.69, 9.17) is 17.0 Å². The number of aliphatic hydroxyl groups is 1. The Morgan fingerprint density at radius 3 is 2.40 bits per heavy atom. The van der Waals surface area contributed by atoms with E-state index in [0.717, 1.165) is 23.5 Å². The molecule has 3 aromatic carbocycles. The van der Waals surface area contributed by atoms with E-state index in [1.54, 1.807) is 0 Å². The van der Waals surface area contributed by atoms with E-state index >= 15 is 0 Å². The van der Waals surface area contributed by atoms with Gasteiger partial charge in [0.2, 0.25) is 0 Å². The number of hydrogen-bond acceptors (Lipinski definition) is 3. The van der Waals surface area contributed by atoms with Crippen LogP contribution >= 0.6 is 12.2 Å². The molecule has 0 radical (unpaired) electrons. The van der Waals surface area contributed by atoms with Crippen LogP contribution < -0.4 is 10.1 Å². The number of hydrogen-bond donors (Lipinski definition) is 2. The van der Waals surface area contributed by atoms with Gasteiger partial charge < -0.3 is 20.1 Å². The fraction of sp³-hybridized carbons (Fsp3) is 0.240. The van der Waals surface area contributed by atoms with E-state index < -0.39 is 0 Å². The average Bonchev–Trinajstić information content (AvgIpc) is 2.79.